The van der Waals surface area contributed by atoms with Crippen LogP contribution >= 0.6 is 0 Å². The Kier molecular flexibility index (Phi) is 5.67. The van der Waals surface area contributed by atoms with Crippen LogP contribution in [0.25, 0.3) is 0 Å². The first kappa shape index (κ1) is 17.9. The average molecular weight is 343 g/mol. The van der Waals surface area contributed by atoms with Crippen LogP contribution in [0.1, 0.15) is 21.5 Å². The number of benzene rings is 2. The summed E-state index contributed by atoms with van der Waals surface area (Å²) in [6.45, 7) is 1.65. The van der Waals surface area contributed by atoms with E-state index in [1.807, 2.05) is 0 Å². The molecular formula is C17H17N3O5. The number of nitrogens with one attached hydrogen (secondary N) is 1. The Morgan fingerprint density at radius 1 is 1.16 bits per heavy atom. The van der Waals surface area contributed by atoms with Crippen LogP contribution in [0.3, 0.4) is 0 Å². The highest BCUT2D eigenvalue weighted by Gasteiger charge is 2.11. The van der Waals surface area contributed by atoms with Crippen LogP contribution in [0, 0.1) is 17.0 Å². The predicted molar refractivity (Wildman–Crippen MR) is 92.4 cm³/mol. The lowest BCUT2D eigenvalue weighted by Gasteiger charge is -2.07. The molecule has 0 saturated heterocycles. The number of hydrazone groups is 1. The number of carbonyl (C=O) groups excluding carboxylic acids is 1. The Morgan fingerprint density at radius 3 is 2.36 bits per heavy atom. The van der Waals surface area contributed by atoms with Crippen molar-refractivity contribution in [3.63, 3.8) is 0 Å². The Labute approximate surface area is 144 Å². The van der Waals surface area contributed by atoms with E-state index in [2.05, 4.69) is 10.5 Å². The molecule has 2 aromatic rings. The second-order valence-electron chi connectivity index (χ2n) is 5.10. The van der Waals surface area contributed by atoms with Gasteiger partial charge in [-0.05, 0) is 19.1 Å². The predicted octanol–water partition coefficient (Wildman–Crippen LogP) is 2.68. The van der Waals surface area contributed by atoms with Gasteiger partial charge < -0.3 is 9.47 Å². The van der Waals surface area contributed by atoms with Crippen LogP contribution in [0.4, 0.5) is 5.69 Å². The van der Waals surface area contributed by atoms with Gasteiger partial charge in [0.1, 0.15) is 11.5 Å². The molecule has 25 heavy (non-hydrogen) atoms. The van der Waals surface area contributed by atoms with Gasteiger partial charge in [0.05, 0.1) is 25.4 Å². The lowest BCUT2D eigenvalue weighted by atomic mass is 10.1. The van der Waals surface area contributed by atoms with Gasteiger partial charge in [0.15, 0.2) is 0 Å². The van der Waals surface area contributed by atoms with Crippen molar-refractivity contribution in [1.82, 2.24) is 5.43 Å². The summed E-state index contributed by atoms with van der Waals surface area (Å²) in [6.07, 6.45) is 1.34. The molecule has 0 heterocycles. The number of hydrogen-bond acceptors (Lipinski definition) is 6. The number of rotatable bonds is 6. The van der Waals surface area contributed by atoms with Crippen molar-refractivity contribution in [3.05, 3.63) is 63.2 Å². The normalized spacial score (nSPS) is 10.5. The summed E-state index contributed by atoms with van der Waals surface area (Å²) in [7, 11) is 2.97. The van der Waals surface area contributed by atoms with Crippen molar-refractivity contribution < 1.29 is 19.2 Å². The second-order valence-corrected chi connectivity index (χ2v) is 5.10. The van der Waals surface area contributed by atoms with E-state index < -0.39 is 10.8 Å². The summed E-state index contributed by atoms with van der Waals surface area (Å²) in [4.78, 5) is 22.6. The fourth-order valence-electron chi connectivity index (χ4n) is 2.07. The molecule has 0 saturated carbocycles. The van der Waals surface area contributed by atoms with Crippen LogP contribution in [0.15, 0.2) is 41.5 Å². The highest BCUT2D eigenvalue weighted by Crippen LogP contribution is 2.22. The lowest BCUT2D eigenvalue weighted by Crippen LogP contribution is -2.17. The molecule has 0 aromatic heterocycles. The molecule has 0 unspecified atom stereocenters. The number of nitrogens with zero attached hydrogens (tertiary/aromatic N) is 2. The molecule has 8 heteroatoms. The zero-order valence-corrected chi connectivity index (χ0v) is 14.0. The summed E-state index contributed by atoms with van der Waals surface area (Å²) in [5.74, 6) is 0.486. The van der Waals surface area contributed by atoms with E-state index in [9.17, 15) is 14.9 Å². The topological polar surface area (TPSA) is 103 Å². The first-order chi connectivity index (χ1) is 11.9. The van der Waals surface area contributed by atoms with Crippen LogP contribution in [0.2, 0.25) is 0 Å². The van der Waals surface area contributed by atoms with E-state index in [-0.39, 0.29) is 5.69 Å². The summed E-state index contributed by atoms with van der Waals surface area (Å²) in [6, 6.07) is 9.42. The zero-order valence-electron chi connectivity index (χ0n) is 14.0. The van der Waals surface area contributed by atoms with Gasteiger partial charge in [-0.15, -0.1) is 0 Å². The van der Waals surface area contributed by atoms with Crippen molar-refractivity contribution in [1.29, 1.82) is 0 Å². The number of carbonyl (C=O) groups is 1. The van der Waals surface area contributed by atoms with Crippen LogP contribution < -0.4 is 14.9 Å². The number of aryl methyl sites for hydroxylation is 1. The van der Waals surface area contributed by atoms with Gasteiger partial charge in [-0.1, -0.05) is 12.1 Å². The third-order valence-electron chi connectivity index (χ3n) is 3.42. The number of methoxy groups -OCH3 is 2. The van der Waals surface area contributed by atoms with Crippen LogP contribution in [-0.4, -0.2) is 31.3 Å². The van der Waals surface area contributed by atoms with Crippen molar-refractivity contribution in [2.45, 2.75) is 6.92 Å². The maximum absolute atomic E-state index is 12.2. The fraction of sp³-hybridized carbons (Fsp3) is 0.176. The molecule has 2 rings (SSSR count). The highest BCUT2D eigenvalue weighted by atomic mass is 16.6. The van der Waals surface area contributed by atoms with E-state index in [0.29, 0.717) is 28.2 Å². The third kappa shape index (κ3) is 4.54. The molecule has 0 aliphatic heterocycles. The monoisotopic (exact) mass is 343 g/mol. The van der Waals surface area contributed by atoms with Crippen molar-refractivity contribution in [2.24, 2.45) is 5.10 Å². The van der Waals surface area contributed by atoms with E-state index in [1.54, 1.807) is 37.3 Å². The molecule has 0 spiro atoms. The summed E-state index contributed by atoms with van der Waals surface area (Å²) in [5.41, 5.74) is 3.72. The van der Waals surface area contributed by atoms with Crippen molar-refractivity contribution in [3.8, 4) is 11.5 Å². The first-order valence-corrected chi connectivity index (χ1v) is 7.26. The summed E-state index contributed by atoms with van der Waals surface area (Å²) >= 11 is 0. The minimum Gasteiger partial charge on any atom is -0.497 e. The van der Waals surface area contributed by atoms with Crippen molar-refractivity contribution in [2.75, 3.05) is 14.2 Å². The summed E-state index contributed by atoms with van der Waals surface area (Å²) in [5, 5.41) is 14.8. The second kappa shape index (κ2) is 7.91. The molecule has 0 aliphatic rings. The smallest absolute Gasteiger partial charge is 0.272 e. The Hall–Kier alpha value is -3.42. The Morgan fingerprint density at radius 2 is 1.80 bits per heavy atom. The highest BCUT2D eigenvalue weighted by molar-refractivity contribution is 5.95. The zero-order chi connectivity index (χ0) is 18.4. The lowest BCUT2D eigenvalue weighted by molar-refractivity contribution is -0.385. The molecule has 8 nitrogen and oxygen atoms in total. The van der Waals surface area contributed by atoms with Crippen LogP contribution in [-0.2, 0) is 0 Å². The van der Waals surface area contributed by atoms with Gasteiger partial charge in [0.25, 0.3) is 11.6 Å². The number of ether oxygens (including phenoxy) is 2. The average Bonchev–Trinajstić information content (AvgIpc) is 2.62. The van der Waals surface area contributed by atoms with E-state index in [4.69, 9.17) is 9.47 Å². The maximum atomic E-state index is 12.2. The molecule has 0 atom stereocenters. The maximum Gasteiger partial charge on any atom is 0.272 e. The molecule has 0 radical (unpaired) electrons. The standard InChI is InChI=1S/C17H17N3O5/c1-11-4-5-12(6-16(11)20(22)23)10-18-19-17(21)13-7-14(24-2)9-15(8-13)25-3/h4-10H,1-3H3,(H,19,21). The van der Waals surface area contributed by atoms with Gasteiger partial charge in [-0.25, -0.2) is 5.43 Å². The Balaban J connectivity index is 2.13. The Bertz CT molecular complexity index is 811. The van der Waals surface area contributed by atoms with Gasteiger partial charge in [-0.2, -0.15) is 5.10 Å². The van der Waals surface area contributed by atoms with Crippen LogP contribution in [0.5, 0.6) is 11.5 Å². The molecule has 2 aromatic carbocycles. The number of hydrogen-bond donors (Lipinski definition) is 1. The van der Waals surface area contributed by atoms with Gasteiger partial charge in [0, 0.05) is 28.8 Å². The summed E-state index contributed by atoms with van der Waals surface area (Å²) < 4.78 is 10.2. The largest absolute Gasteiger partial charge is 0.497 e. The molecule has 0 fully saturated rings. The van der Waals surface area contributed by atoms with E-state index >= 15 is 0 Å². The van der Waals surface area contributed by atoms with Gasteiger partial charge >= 0.3 is 0 Å². The first-order valence-electron chi connectivity index (χ1n) is 7.26. The molecule has 130 valence electrons. The molecular weight excluding hydrogens is 326 g/mol. The quantitative estimate of drug-likeness (QED) is 0.493. The molecule has 1 amide bonds. The van der Waals surface area contributed by atoms with Crippen molar-refractivity contribution >= 4 is 17.8 Å². The van der Waals surface area contributed by atoms with E-state index in [0.717, 1.165) is 0 Å². The van der Waals surface area contributed by atoms with E-state index in [1.165, 1.54) is 26.5 Å². The number of nitro groups is 1. The number of nitro benzene ring substituents is 1. The number of amides is 1. The molecule has 1 N–H and O–H groups in total. The molecule has 0 aliphatic carbocycles. The third-order valence-corrected chi connectivity index (χ3v) is 3.42. The van der Waals surface area contributed by atoms with Gasteiger partial charge in [-0.3, -0.25) is 14.9 Å². The SMILES string of the molecule is COc1cc(OC)cc(C(=O)NN=Cc2ccc(C)c([N+](=O)[O-])c2)c1. The van der Waals surface area contributed by atoms with Gasteiger partial charge in [0.2, 0.25) is 0 Å². The molecule has 0 bridgehead atoms. The minimum atomic E-state index is -0.465. The fourth-order valence-corrected chi connectivity index (χ4v) is 2.07. The minimum absolute atomic E-state index is 0.00666.